The van der Waals surface area contributed by atoms with Crippen molar-refractivity contribution in [2.75, 3.05) is 0 Å². The van der Waals surface area contributed by atoms with E-state index in [1.807, 2.05) is 12.1 Å². The standard InChI is InChI=1S/2C18H30O3S.C2HO2.O.Ti/c2*1-2-3-4-5-6-7-8-9-10-11-14-17-15-12-13-16-18(17)22(19,20)21;3-1-2-4;;/h2*12-13,15-16H,2-11,14H2,1H3,(H,19,20,21);1H;;/q;;-1;;+1. The predicted octanol–water partition coefficient (Wildman–Crippen LogP) is 9.97. The zero-order chi connectivity index (χ0) is 37.9. The van der Waals surface area contributed by atoms with E-state index in [0.717, 1.165) is 63.5 Å². The van der Waals surface area contributed by atoms with Crippen LogP contribution in [0.2, 0.25) is 0 Å². The fraction of sp³-hybridized carbons (Fsp3) is 0.632. The zero-order valence-corrected chi connectivity index (χ0v) is 33.5. The van der Waals surface area contributed by atoms with Gasteiger partial charge in [-0.25, -0.2) is 0 Å². The van der Waals surface area contributed by atoms with Crippen LogP contribution in [0.3, 0.4) is 0 Å². The molecule has 0 atom stereocenters. The number of aryl methyl sites for hydroxylation is 2. The van der Waals surface area contributed by atoms with Crippen LogP contribution in [0.4, 0.5) is 0 Å². The normalized spacial score (nSPS) is 10.8. The third-order valence-electron chi connectivity index (χ3n) is 8.15. The molecule has 0 fully saturated rings. The van der Waals surface area contributed by atoms with Crippen molar-refractivity contribution in [3.63, 3.8) is 0 Å². The molecule has 0 amide bonds. The SMILES string of the molecule is CCCCCCCCCCCCc1ccccc1S(=O)(=O)O.CCCCCCCCCCCCc1ccccc1S(=O)(=O)O.O=[C-]C=O.[O]=[Ti+]. The molecule has 0 aliphatic rings. The topological polar surface area (TPSA) is 160 Å². The molecule has 2 N–H and O–H groups in total. The summed E-state index contributed by atoms with van der Waals surface area (Å²) in [5.41, 5.74) is 1.45. The second-order valence-electron chi connectivity index (χ2n) is 12.3. The first-order valence-electron chi connectivity index (χ1n) is 18.1. The number of rotatable bonds is 25. The van der Waals surface area contributed by atoms with E-state index >= 15 is 0 Å². The molecule has 0 aliphatic heterocycles. The molecule has 0 aromatic heterocycles. The molecule has 0 radical (unpaired) electrons. The molecule has 0 spiro atoms. The summed E-state index contributed by atoms with van der Waals surface area (Å²) >= 11 is 0.750. The third-order valence-corrected chi connectivity index (χ3v) is 10.1. The molecule has 0 heterocycles. The molecule has 0 bridgehead atoms. The van der Waals surface area contributed by atoms with E-state index in [-0.39, 0.29) is 16.1 Å². The molecular formula is C38H61O9S2Ti. The quantitative estimate of drug-likeness (QED) is 0.0250. The van der Waals surface area contributed by atoms with Crippen LogP contribution in [0, 0.1) is 0 Å². The Kier molecular flexibility index (Phi) is 34.4. The molecule has 2 aromatic rings. The van der Waals surface area contributed by atoms with Gasteiger partial charge in [-0.2, -0.15) is 23.1 Å². The first-order valence-corrected chi connectivity index (χ1v) is 21.7. The average molecular weight is 774 g/mol. The van der Waals surface area contributed by atoms with Gasteiger partial charge in [0.25, 0.3) is 20.2 Å². The first-order chi connectivity index (χ1) is 24.0. The van der Waals surface area contributed by atoms with Crippen LogP contribution in [0.1, 0.15) is 153 Å². The van der Waals surface area contributed by atoms with Crippen LogP contribution in [-0.4, -0.2) is 38.5 Å². The molecule has 283 valence electrons. The summed E-state index contributed by atoms with van der Waals surface area (Å²) < 4.78 is 71.8. The molecule has 0 aliphatic carbocycles. The van der Waals surface area contributed by atoms with Crippen molar-refractivity contribution in [2.24, 2.45) is 0 Å². The summed E-state index contributed by atoms with van der Waals surface area (Å²) in [5.74, 6) is 0. The van der Waals surface area contributed by atoms with Crippen molar-refractivity contribution in [2.45, 2.75) is 165 Å². The summed E-state index contributed by atoms with van der Waals surface area (Å²) in [6.07, 6.45) is 27.7. The van der Waals surface area contributed by atoms with Gasteiger partial charge in [0.2, 0.25) is 0 Å². The van der Waals surface area contributed by atoms with Crippen LogP contribution >= 0.6 is 0 Å². The number of benzene rings is 2. The monoisotopic (exact) mass is 773 g/mol. The van der Waals surface area contributed by atoms with Crippen molar-refractivity contribution in [1.82, 2.24) is 0 Å². The molecular weight excluding hydrogens is 712 g/mol. The number of carbonyl (C=O) groups excluding carboxylic acids is 2. The van der Waals surface area contributed by atoms with Gasteiger partial charge >= 0.3 is 23.7 Å². The summed E-state index contributed by atoms with van der Waals surface area (Å²) in [6, 6.07) is 13.5. The van der Waals surface area contributed by atoms with Gasteiger partial charge in [0.1, 0.15) is 0 Å². The second kappa shape index (κ2) is 34.2. The van der Waals surface area contributed by atoms with Gasteiger partial charge in [-0.15, -0.1) is 0 Å². The van der Waals surface area contributed by atoms with Crippen molar-refractivity contribution >= 4 is 32.8 Å². The van der Waals surface area contributed by atoms with Crippen molar-refractivity contribution in [3.8, 4) is 0 Å². The molecule has 0 saturated heterocycles. The van der Waals surface area contributed by atoms with E-state index in [1.165, 1.54) is 115 Å². The van der Waals surface area contributed by atoms with Gasteiger partial charge in [-0.3, -0.25) is 9.11 Å². The molecule has 2 aromatic carbocycles. The van der Waals surface area contributed by atoms with Gasteiger partial charge < -0.3 is 9.59 Å². The number of hydrogen-bond donors (Lipinski definition) is 2. The predicted molar refractivity (Wildman–Crippen MR) is 196 cm³/mol. The minimum atomic E-state index is -4.10. The fourth-order valence-corrected chi connectivity index (χ4v) is 7.03. The summed E-state index contributed by atoms with van der Waals surface area (Å²) in [7, 11) is -8.19. The Balaban J connectivity index is 0. The second-order valence-corrected chi connectivity index (χ2v) is 15.0. The van der Waals surface area contributed by atoms with Crippen LogP contribution < -0.4 is 0 Å². The average Bonchev–Trinajstić information content (AvgIpc) is 3.10. The van der Waals surface area contributed by atoms with Gasteiger partial charge in [-0.1, -0.05) is 166 Å². The summed E-state index contributed by atoms with van der Waals surface area (Å²) in [6.45, 7) is 4.47. The Morgan fingerprint density at radius 2 is 0.760 bits per heavy atom. The zero-order valence-electron chi connectivity index (χ0n) is 30.3. The Bertz CT molecular complexity index is 1230. The maximum absolute atomic E-state index is 11.3. The molecule has 50 heavy (non-hydrogen) atoms. The van der Waals surface area contributed by atoms with E-state index in [9.17, 15) is 25.9 Å². The molecule has 9 nitrogen and oxygen atoms in total. The number of carbonyl (C=O) groups is 1. The fourth-order valence-electron chi connectivity index (χ4n) is 5.53. The van der Waals surface area contributed by atoms with Crippen LogP contribution in [-0.2, 0) is 66.4 Å². The Morgan fingerprint density at radius 3 is 1.00 bits per heavy atom. The van der Waals surface area contributed by atoms with Crippen LogP contribution in [0.5, 0.6) is 0 Å². The van der Waals surface area contributed by atoms with E-state index in [1.54, 1.807) is 24.3 Å². The van der Waals surface area contributed by atoms with Gasteiger partial charge in [0.15, 0.2) is 0 Å². The molecule has 0 unspecified atom stereocenters. The number of aldehydes is 1. The van der Waals surface area contributed by atoms with Gasteiger partial charge in [0, 0.05) is 6.29 Å². The summed E-state index contributed by atoms with van der Waals surface area (Å²) in [5, 5.41) is 0. The van der Waals surface area contributed by atoms with Crippen LogP contribution in [0.25, 0.3) is 0 Å². The van der Waals surface area contributed by atoms with E-state index in [4.69, 9.17) is 12.9 Å². The van der Waals surface area contributed by atoms with Gasteiger partial charge in [-0.05, 0) is 48.9 Å². The van der Waals surface area contributed by atoms with E-state index in [0.29, 0.717) is 12.8 Å². The first kappa shape index (κ1) is 50.2. The molecule has 12 heteroatoms. The maximum atomic E-state index is 11.3. The van der Waals surface area contributed by atoms with E-state index in [2.05, 4.69) is 13.8 Å². The minimum absolute atomic E-state index is 0.0610. The van der Waals surface area contributed by atoms with Crippen LogP contribution in [0.15, 0.2) is 58.3 Å². The molecule has 2 rings (SSSR count). The Hall–Kier alpha value is -1.89. The number of unbranched alkanes of at least 4 members (excludes halogenated alkanes) is 18. The molecule has 0 saturated carbocycles. The Labute approximate surface area is 315 Å². The van der Waals surface area contributed by atoms with Crippen molar-refractivity contribution in [3.05, 3.63) is 59.7 Å². The third kappa shape index (κ3) is 28.8. The summed E-state index contributed by atoms with van der Waals surface area (Å²) in [4.78, 5) is 17.6. The van der Waals surface area contributed by atoms with E-state index < -0.39 is 20.2 Å². The Morgan fingerprint density at radius 1 is 0.520 bits per heavy atom. The van der Waals surface area contributed by atoms with Gasteiger partial charge in [0.05, 0.1) is 9.79 Å². The van der Waals surface area contributed by atoms with Crippen molar-refractivity contribution in [1.29, 1.82) is 0 Å². The number of hydrogen-bond acceptors (Lipinski definition) is 7. The van der Waals surface area contributed by atoms with Crippen molar-refractivity contribution < 1.29 is 59.3 Å².